The Kier molecular flexibility index (Phi) is 2.57. The summed E-state index contributed by atoms with van der Waals surface area (Å²) in [5, 5.41) is 9.38. The van der Waals surface area contributed by atoms with Crippen LogP contribution in [0.25, 0.3) is 11.1 Å². The number of aliphatic hydroxyl groups is 1. The number of aliphatic hydroxyl groups excluding tert-OH is 1. The van der Waals surface area contributed by atoms with Gasteiger partial charge in [-0.15, -0.1) is 0 Å². The minimum absolute atomic E-state index is 0.405. The Morgan fingerprint density at radius 3 is 2.81 bits per heavy atom. The highest BCUT2D eigenvalue weighted by atomic mass is 16.4. The van der Waals surface area contributed by atoms with E-state index in [9.17, 15) is 9.90 Å². The molecule has 5 heteroatoms. The van der Waals surface area contributed by atoms with Crippen LogP contribution >= 0.6 is 0 Å². The van der Waals surface area contributed by atoms with Gasteiger partial charge in [-0.05, 0) is 24.6 Å². The topological polar surface area (TPSA) is 81.4 Å². The second-order valence-corrected chi connectivity index (χ2v) is 3.92. The van der Waals surface area contributed by atoms with Crippen LogP contribution in [0.1, 0.15) is 18.5 Å². The van der Waals surface area contributed by atoms with E-state index in [1.165, 1.54) is 4.57 Å². The summed E-state index contributed by atoms with van der Waals surface area (Å²) in [6, 6.07) is 4.76. The van der Waals surface area contributed by atoms with E-state index < -0.39 is 17.9 Å². The van der Waals surface area contributed by atoms with Gasteiger partial charge in [0.2, 0.25) is 0 Å². The van der Waals surface area contributed by atoms with E-state index >= 15 is 0 Å². The predicted octanol–water partition coefficient (Wildman–Crippen LogP) is 0.512. The second kappa shape index (κ2) is 3.77. The molecule has 0 saturated heterocycles. The van der Waals surface area contributed by atoms with Gasteiger partial charge in [0.25, 0.3) is 0 Å². The van der Waals surface area contributed by atoms with Crippen LogP contribution in [0.3, 0.4) is 0 Å². The number of oxazole rings is 1. The third-order valence-electron chi connectivity index (χ3n) is 2.72. The van der Waals surface area contributed by atoms with Crippen LogP contribution < -0.4 is 11.5 Å². The Labute approximate surface area is 92.1 Å². The highest BCUT2D eigenvalue weighted by Gasteiger charge is 2.14. The number of nitrogens with two attached hydrogens (primary N) is 1. The van der Waals surface area contributed by atoms with Crippen LogP contribution in [0.4, 0.5) is 0 Å². The molecule has 0 aliphatic rings. The molecule has 1 aromatic carbocycles. The number of rotatable bonds is 2. The minimum Gasteiger partial charge on any atom is -0.408 e. The quantitative estimate of drug-likeness (QED) is 0.775. The van der Waals surface area contributed by atoms with Crippen LogP contribution in [0.5, 0.6) is 0 Å². The summed E-state index contributed by atoms with van der Waals surface area (Å²) in [4.78, 5) is 11.3. The summed E-state index contributed by atoms with van der Waals surface area (Å²) in [5.74, 6) is -0.405. The first-order valence-corrected chi connectivity index (χ1v) is 5.04. The van der Waals surface area contributed by atoms with E-state index in [2.05, 4.69) is 0 Å². The van der Waals surface area contributed by atoms with Crippen molar-refractivity contribution in [2.24, 2.45) is 12.8 Å². The van der Waals surface area contributed by atoms with E-state index in [0.717, 1.165) is 5.56 Å². The van der Waals surface area contributed by atoms with Gasteiger partial charge in [0, 0.05) is 7.05 Å². The number of hydrogen-bond acceptors (Lipinski definition) is 4. The average Bonchev–Trinajstić information content (AvgIpc) is 2.53. The number of aromatic nitrogens is 1. The SMILES string of the molecule is CC(O)C(N)c1ccc2c(c1)oc(=O)n2C. The number of hydrogen-bond donors (Lipinski definition) is 2. The van der Waals surface area contributed by atoms with E-state index in [1.54, 1.807) is 32.2 Å². The molecule has 2 unspecified atom stereocenters. The van der Waals surface area contributed by atoms with E-state index in [0.29, 0.717) is 11.1 Å². The van der Waals surface area contributed by atoms with E-state index in [1.807, 2.05) is 0 Å². The summed E-state index contributed by atoms with van der Waals surface area (Å²) >= 11 is 0. The molecule has 0 amide bonds. The van der Waals surface area contributed by atoms with Crippen molar-refractivity contribution in [2.75, 3.05) is 0 Å². The molecule has 0 aliphatic heterocycles. The molecular formula is C11H14N2O3. The van der Waals surface area contributed by atoms with Crippen molar-refractivity contribution in [2.45, 2.75) is 19.1 Å². The molecule has 0 aliphatic carbocycles. The third-order valence-corrected chi connectivity index (χ3v) is 2.72. The van der Waals surface area contributed by atoms with Gasteiger partial charge >= 0.3 is 5.76 Å². The van der Waals surface area contributed by atoms with Gasteiger partial charge in [-0.3, -0.25) is 4.57 Å². The van der Waals surface area contributed by atoms with Crippen LogP contribution in [0.2, 0.25) is 0 Å². The first-order chi connectivity index (χ1) is 7.50. The van der Waals surface area contributed by atoms with Crippen molar-refractivity contribution in [3.63, 3.8) is 0 Å². The highest BCUT2D eigenvalue weighted by molar-refractivity contribution is 5.73. The Bertz CT molecular complexity index is 568. The maximum atomic E-state index is 11.3. The summed E-state index contributed by atoms with van der Waals surface area (Å²) in [6.07, 6.45) is -0.645. The average molecular weight is 222 g/mol. The zero-order valence-electron chi connectivity index (χ0n) is 9.18. The lowest BCUT2D eigenvalue weighted by molar-refractivity contribution is 0.164. The molecule has 5 nitrogen and oxygen atoms in total. The Morgan fingerprint density at radius 2 is 2.19 bits per heavy atom. The first-order valence-electron chi connectivity index (χ1n) is 5.04. The Hall–Kier alpha value is -1.59. The molecular weight excluding hydrogens is 208 g/mol. The zero-order valence-corrected chi connectivity index (χ0v) is 9.18. The molecule has 2 aromatic rings. The normalized spacial score (nSPS) is 15.2. The summed E-state index contributed by atoms with van der Waals surface area (Å²) in [6.45, 7) is 1.62. The maximum absolute atomic E-state index is 11.3. The molecule has 0 saturated carbocycles. The summed E-state index contributed by atoms with van der Waals surface area (Å²) in [7, 11) is 1.64. The molecule has 0 radical (unpaired) electrons. The van der Waals surface area contributed by atoms with Gasteiger partial charge in [0.1, 0.15) is 0 Å². The molecule has 0 fully saturated rings. The summed E-state index contributed by atoms with van der Waals surface area (Å²) in [5.41, 5.74) is 7.75. The van der Waals surface area contributed by atoms with E-state index in [4.69, 9.17) is 10.2 Å². The van der Waals surface area contributed by atoms with Gasteiger partial charge in [-0.25, -0.2) is 4.79 Å². The van der Waals surface area contributed by atoms with Crippen LogP contribution in [0.15, 0.2) is 27.4 Å². The van der Waals surface area contributed by atoms with Gasteiger partial charge in [-0.1, -0.05) is 6.07 Å². The molecule has 0 spiro atoms. The molecule has 86 valence electrons. The highest BCUT2D eigenvalue weighted by Crippen LogP contribution is 2.20. The lowest BCUT2D eigenvalue weighted by Gasteiger charge is -2.14. The third kappa shape index (κ3) is 1.64. The van der Waals surface area contributed by atoms with Crippen molar-refractivity contribution in [3.05, 3.63) is 34.3 Å². The Morgan fingerprint density at radius 1 is 1.50 bits per heavy atom. The fraction of sp³-hybridized carbons (Fsp3) is 0.364. The number of nitrogens with zero attached hydrogens (tertiary/aromatic N) is 1. The summed E-state index contributed by atoms with van der Waals surface area (Å²) < 4.78 is 6.46. The van der Waals surface area contributed by atoms with Crippen LogP contribution in [0, 0.1) is 0 Å². The second-order valence-electron chi connectivity index (χ2n) is 3.92. The molecule has 0 bridgehead atoms. The van der Waals surface area contributed by atoms with Gasteiger partial charge in [-0.2, -0.15) is 0 Å². The zero-order chi connectivity index (χ0) is 11.9. The lowest BCUT2D eigenvalue weighted by Crippen LogP contribution is -2.22. The first kappa shape index (κ1) is 10.9. The van der Waals surface area contributed by atoms with Crippen molar-refractivity contribution < 1.29 is 9.52 Å². The molecule has 3 N–H and O–H groups in total. The maximum Gasteiger partial charge on any atom is 0.419 e. The van der Waals surface area contributed by atoms with E-state index in [-0.39, 0.29) is 0 Å². The largest absolute Gasteiger partial charge is 0.419 e. The minimum atomic E-state index is -0.645. The fourth-order valence-electron chi connectivity index (χ4n) is 1.64. The van der Waals surface area contributed by atoms with Crippen molar-refractivity contribution in [1.82, 2.24) is 4.57 Å². The molecule has 1 aromatic heterocycles. The molecule has 2 atom stereocenters. The monoisotopic (exact) mass is 222 g/mol. The van der Waals surface area contributed by atoms with Crippen molar-refractivity contribution >= 4 is 11.1 Å². The van der Waals surface area contributed by atoms with Crippen molar-refractivity contribution in [3.8, 4) is 0 Å². The standard InChI is InChI=1S/C11H14N2O3/c1-6(14)10(12)7-3-4-8-9(5-7)16-11(15)13(8)2/h3-6,10,14H,12H2,1-2H3. The predicted molar refractivity (Wildman–Crippen MR) is 60.1 cm³/mol. The molecule has 2 rings (SSSR count). The molecule has 16 heavy (non-hydrogen) atoms. The Balaban J connectivity index is 2.57. The number of aryl methyl sites for hydroxylation is 1. The van der Waals surface area contributed by atoms with Gasteiger partial charge in [0.15, 0.2) is 5.58 Å². The number of fused-ring (bicyclic) bond motifs is 1. The fourth-order valence-corrected chi connectivity index (χ4v) is 1.64. The van der Waals surface area contributed by atoms with Crippen LogP contribution in [-0.2, 0) is 7.05 Å². The number of benzene rings is 1. The van der Waals surface area contributed by atoms with Gasteiger partial charge in [0.05, 0.1) is 17.7 Å². The molecule has 1 heterocycles. The van der Waals surface area contributed by atoms with Crippen molar-refractivity contribution in [1.29, 1.82) is 0 Å². The lowest BCUT2D eigenvalue weighted by atomic mass is 10.0. The van der Waals surface area contributed by atoms with Crippen LogP contribution in [-0.4, -0.2) is 15.8 Å². The smallest absolute Gasteiger partial charge is 0.408 e. The van der Waals surface area contributed by atoms with Gasteiger partial charge < -0.3 is 15.3 Å².